The van der Waals surface area contributed by atoms with E-state index in [9.17, 15) is 8.42 Å². The van der Waals surface area contributed by atoms with E-state index >= 15 is 0 Å². The van der Waals surface area contributed by atoms with Gasteiger partial charge in [0.1, 0.15) is 11.6 Å². The Balaban J connectivity index is 1.22. The van der Waals surface area contributed by atoms with Crippen molar-refractivity contribution in [2.24, 2.45) is 17.3 Å². The van der Waals surface area contributed by atoms with E-state index < -0.39 is 10.2 Å². The van der Waals surface area contributed by atoms with Gasteiger partial charge >= 0.3 is 0 Å². The highest BCUT2D eigenvalue weighted by molar-refractivity contribution is 7.87. The number of aromatic nitrogens is 3. The van der Waals surface area contributed by atoms with Crippen LogP contribution in [0.2, 0.25) is 0 Å². The van der Waals surface area contributed by atoms with Gasteiger partial charge in [-0.05, 0) is 62.5 Å². The minimum Gasteiger partial charge on any atom is -0.497 e. The van der Waals surface area contributed by atoms with Crippen molar-refractivity contribution < 1.29 is 13.2 Å². The first-order chi connectivity index (χ1) is 19.2. The van der Waals surface area contributed by atoms with E-state index in [4.69, 9.17) is 20.0 Å². The molecule has 0 bridgehead atoms. The Morgan fingerprint density at radius 3 is 2.75 bits per heavy atom. The predicted octanol–water partition coefficient (Wildman–Crippen LogP) is 4.19. The summed E-state index contributed by atoms with van der Waals surface area (Å²) in [6.45, 7) is 4.80. The summed E-state index contributed by atoms with van der Waals surface area (Å²) in [5.41, 5.74) is 0.729. The third-order valence-corrected chi connectivity index (χ3v) is 10.8. The van der Waals surface area contributed by atoms with Gasteiger partial charge in [-0.2, -0.15) is 27.7 Å². The van der Waals surface area contributed by atoms with E-state index in [1.165, 1.54) is 4.31 Å². The minimum absolute atomic E-state index is 0.0278. The Bertz CT molecular complexity index is 1570. The first-order valence-electron chi connectivity index (χ1n) is 13.7. The second-order valence-electron chi connectivity index (χ2n) is 11.5. The smallest absolute Gasteiger partial charge is 0.279 e. The van der Waals surface area contributed by atoms with E-state index in [-0.39, 0.29) is 36.5 Å². The maximum Gasteiger partial charge on any atom is 0.279 e. The maximum absolute atomic E-state index is 13.0. The molecule has 0 amide bonds. The fourth-order valence-corrected chi connectivity index (χ4v) is 8.32. The number of methoxy groups -OCH3 is 1. The Hall–Kier alpha value is -3.05. The Morgan fingerprint density at radius 1 is 1.20 bits per heavy atom. The third-order valence-electron chi connectivity index (χ3n) is 8.35. The molecular weight excluding hydrogens is 548 g/mol. The number of rotatable bonds is 8. The van der Waals surface area contributed by atoms with Crippen LogP contribution in [-0.2, 0) is 10.2 Å². The first kappa shape index (κ1) is 27.1. The van der Waals surface area contributed by atoms with Crippen LogP contribution in [0.15, 0.2) is 24.4 Å². The maximum atomic E-state index is 13.0. The number of aryl methyl sites for hydroxylation is 1. The molecule has 1 saturated heterocycles. The van der Waals surface area contributed by atoms with Crippen LogP contribution >= 0.6 is 11.3 Å². The molecule has 13 heteroatoms. The van der Waals surface area contributed by atoms with Crippen LogP contribution in [0.3, 0.4) is 0 Å². The van der Waals surface area contributed by atoms with Gasteiger partial charge in [-0.25, -0.2) is 9.97 Å². The van der Waals surface area contributed by atoms with Crippen molar-refractivity contribution in [2.75, 3.05) is 30.8 Å². The highest BCUT2D eigenvalue weighted by atomic mass is 32.2. The van der Waals surface area contributed by atoms with Gasteiger partial charge in [0.25, 0.3) is 10.2 Å². The number of nitriles is 1. The molecule has 2 saturated carbocycles. The number of benzene rings is 1. The van der Waals surface area contributed by atoms with E-state index in [1.54, 1.807) is 18.4 Å². The summed E-state index contributed by atoms with van der Waals surface area (Å²) in [7, 11) is -1.97. The van der Waals surface area contributed by atoms with Crippen LogP contribution in [0.5, 0.6) is 5.75 Å². The molecule has 2 unspecified atom stereocenters. The monoisotopic (exact) mass is 582 g/mol. The molecule has 3 N–H and O–H groups in total. The molecule has 1 spiro atoms. The van der Waals surface area contributed by atoms with Crippen LogP contribution < -0.4 is 20.1 Å². The lowest BCUT2D eigenvalue weighted by Crippen LogP contribution is -2.55. The van der Waals surface area contributed by atoms with Gasteiger partial charge in [-0.3, -0.25) is 0 Å². The first-order valence-corrected chi connectivity index (χ1v) is 15.9. The predicted molar refractivity (Wildman–Crippen MR) is 155 cm³/mol. The highest BCUT2D eigenvalue weighted by Crippen LogP contribution is 2.57. The zero-order valence-corrected chi connectivity index (χ0v) is 24.5. The molecule has 11 nitrogen and oxygen atoms in total. The normalized spacial score (nSPS) is 27.1. The number of ether oxygens (including phenoxy) is 1. The molecule has 0 radical (unpaired) electrons. The summed E-state index contributed by atoms with van der Waals surface area (Å²) in [5, 5.41) is 17.6. The number of thiazole rings is 1. The van der Waals surface area contributed by atoms with Gasteiger partial charge in [0.05, 0.1) is 24.6 Å². The molecule has 3 fully saturated rings. The molecular formula is C27H34N8O3S2. The fraction of sp³-hybridized carbons (Fsp3) is 0.556. The van der Waals surface area contributed by atoms with Gasteiger partial charge < -0.3 is 15.4 Å². The standard InChI is InChI=1S/C27H34N8O3S2/c1-16-4-5-19(34-40(36,37)35-14-18(12-28)15-35)10-27(9-16)11-23(27)31-25-30-22-8-20(38-3)6-7-21(22)24(32-25)33-26-29-13-17(2)39-26/h6-8,13,16,18-19,23,34H,4-5,9-11,14-15H2,1-3H3,(H2,29,30,31,32,33)/t16-,19+,23?,27?/m0/s1. The average molecular weight is 583 g/mol. The van der Waals surface area contributed by atoms with Gasteiger partial charge in [-0.1, -0.05) is 6.92 Å². The molecule has 212 valence electrons. The molecule has 40 heavy (non-hydrogen) atoms. The number of anilines is 3. The quantitative estimate of drug-likeness (QED) is 0.356. The number of hydrogen-bond donors (Lipinski definition) is 3. The number of fused-ring (bicyclic) bond motifs is 1. The topological polar surface area (TPSA) is 145 Å². The van der Waals surface area contributed by atoms with Crippen molar-refractivity contribution in [3.05, 3.63) is 29.3 Å². The van der Waals surface area contributed by atoms with Crippen molar-refractivity contribution >= 4 is 49.3 Å². The summed E-state index contributed by atoms with van der Waals surface area (Å²) >= 11 is 1.56. The summed E-state index contributed by atoms with van der Waals surface area (Å²) < 4.78 is 35.7. The number of hydrogen-bond acceptors (Lipinski definition) is 10. The van der Waals surface area contributed by atoms with E-state index in [0.29, 0.717) is 23.4 Å². The van der Waals surface area contributed by atoms with Gasteiger partial charge in [0.15, 0.2) is 5.13 Å². The lowest BCUT2D eigenvalue weighted by atomic mass is 9.90. The van der Waals surface area contributed by atoms with Crippen molar-refractivity contribution in [3.8, 4) is 11.8 Å². The molecule has 4 atom stereocenters. The largest absolute Gasteiger partial charge is 0.497 e. The number of nitrogens with one attached hydrogen (secondary N) is 3. The van der Waals surface area contributed by atoms with Gasteiger partial charge in [0, 0.05) is 47.7 Å². The fourth-order valence-electron chi connectivity index (χ4n) is 6.13. The average Bonchev–Trinajstić information content (AvgIpc) is 3.40. The Kier molecular flexibility index (Phi) is 7.06. The summed E-state index contributed by atoms with van der Waals surface area (Å²) in [6, 6.07) is 7.87. The van der Waals surface area contributed by atoms with Crippen LogP contribution in [0.4, 0.5) is 16.9 Å². The Labute approximate surface area is 238 Å². The van der Waals surface area contributed by atoms with Gasteiger partial charge in [0.2, 0.25) is 5.95 Å². The molecule has 6 rings (SSSR count). The van der Waals surface area contributed by atoms with Crippen molar-refractivity contribution in [1.29, 1.82) is 5.26 Å². The summed E-state index contributed by atoms with van der Waals surface area (Å²) in [4.78, 5) is 15.2. The minimum atomic E-state index is -3.60. The lowest BCUT2D eigenvalue weighted by molar-refractivity contribution is 0.242. The summed E-state index contributed by atoms with van der Waals surface area (Å²) in [5.74, 6) is 2.18. The second-order valence-corrected chi connectivity index (χ2v) is 14.4. The van der Waals surface area contributed by atoms with Crippen molar-refractivity contribution in [2.45, 2.75) is 58.0 Å². The molecule has 3 aromatic rings. The van der Waals surface area contributed by atoms with Crippen LogP contribution in [0.1, 0.15) is 43.9 Å². The van der Waals surface area contributed by atoms with E-state index in [0.717, 1.165) is 53.0 Å². The van der Waals surface area contributed by atoms with Crippen LogP contribution in [-0.4, -0.2) is 60.0 Å². The van der Waals surface area contributed by atoms with Crippen LogP contribution in [0, 0.1) is 35.5 Å². The third kappa shape index (κ3) is 5.45. The zero-order valence-electron chi connectivity index (χ0n) is 22.8. The molecule has 3 heterocycles. The molecule has 2 aliphatic carbocycles. The SMILES string of the molecule is COc1ccc2c(Nc3ncc(C)s3)nc(NC3CC34C[C@@H](C)CC[C@@H](NS(=O)(=O)N3CC(C#N)C3)C4)nc2c1. The Morgan fingerprint density at radius 2 is 2.02 bits per heavy atom. The second kappa shape index (κ2) is 10.4. The molecule has 2 aromatic heterocycles. The van der Waals surface area contributed by atoms with Crippen molar-refractivity contribution in [3.63, 3.8) is 0 Å². The molecule has 1 aliphatic heterocycles. The number of nitrogens with zero attached hydrogens (tertiary/aromatic N) is 5. The van der Waals surface area contributed by atoms with Crippen LogP contribution in [0.25, 0.3) is 10.9 Å². The molecule has 3 aliphatic rings. The van der Waals surface area contributed by atoms with Crippen molar-refractivity contribution in [1.82, 2.24) is 24.0 Å². The summed E-state index contributed by atoms with van der Waals surface area (Å²) in [6.07, 6.45) is 6.31. The van der Waals surface area contributed by atoms with Gasteiger partial charge in [-0.15, -0.1) is 11.3 Å². The highest BCUT2D eigenvalue weighted by Gasteiger charge is 2.57. The lowest BCUT2D eigenvalue weighted by Gasteiger charge is -2.35. The van der Waals surface area contributed by atoms with E-state index in [1.807, 2.05) is 31.3 Å². The zero-order chi connectivity index (χ0) is 28.1. The molecule has 1 aromatic carbocycles. The van der Waals surface area contributed by atoms with E-state index in [2.05, 4.69) is 33.3 Å².